The van der Waals surface area contributed by atoms with Gasteiger partial charge in [0.05, 0.1) is 5.56 Å². The predicted octanol–water partition coefficient (Wildman–Crippen LogP) is 2.03. The number of alkyl halides is 3. The van der Waals surface area contributed by atoms with Crippen LogP contribution < -0.4 is 4.74 Å². The Morgan fingerprint density at radius 1 is 1.43 bits per heavy atom. The van der Waals surface area contributed by atoms with E-state index < -0.39 is 17.7 Å². The highest BCUT2D eigenvalue weighted by molar-refractivity contribution is 5.68. The van der Waals surface area contributed by atoms with E-state index in [0.717, 1.165) is 19.1 Å². The SMILES string of the molecule is CC(=O)Oc1ccc(C(F)(F)F)cn1. The second kappa shape index (κ2) is 3.65. The van der Waals surface area contributed by atoms with E-state index in [1.807, 2.05) is 0 Å². The summed E-state index contributed by atoms with van der Waals surface area (Å²) in [5.74, 6) is -0.775. The number of nitrogens with zero attached hydrogens (tertiary/aromatic N) is 1. The molecular formula is C8H6F3NO2. The molecule has 1 heterocycles. The number of hydrogen-bond acceptors (Lipinski definition) is 3. The highest BCUT2D eigenvalue weighted by atomic mass is 19.4. The van der Waals surface area contributed by atoms with Crippen LogP contribution in [0.5, 0.6) is 5.88 Å². The van der Waals surface area contributed by atoms with Gasteiger partial charge in [0.2, 0.25) is 5.88 Å². The van der Waals surface area contributed by atoms with Crippen molar-refractivity contribution in [2.24, 2.45) is 0 Å². The first-order chi connectivity index (χ1) is 6.39. The molecule has 0 atom stereocenters. The Balaban J connectivity index is 2.84. The van der Waals surface area contributed by atoms with Gasteiger partial charge in [-0.15, -0.1) is 0 Å². The van der Waals surface area contributed by atoms with Gasteiger partial charge in [-0.3, -0.25) is 4.79 Å². The molecule has 0 spiro atoms. The zero-order valence-corrected chi connectivity index (χ0v) is 7.13. The van der Waals surface area contributed by atoms with Crippen molar-refractivity contribution >= 4 is 5.97 Å². The molecule has 0 aliphatic rings. The molecule has 0 aliphatic carbocycles. The lowest BCUT2D eigenvalue weighted by molar-refractivity contribution is -0.137. The minimum Gasteiger partial charge on any atom is -0.408 e. The highest BCUT2D eigenvalue weighted by Crippen LogP contribution is 2.29. The lowest BCUT2D eigenvalue weighted by Crippen LogP contribution is -2.07. The zero-order valence-electron chi connectivity index (χ0n) is 7.13. The number of aromatic nitrogens is 1. The Hall–Kier alpha value is -1.59. The summed E-state index contributed by atoms with van der Waals surface area (Å²) >= 11 is 0. The fourth-order valence-electron chi connectivity index (χ4n) is 0.756. The predicted molar refractivity (Wildman–Crippen MR) is 40.5 cm³/mol. The number of rotatable bonds is 1. The molecule has 0 unspecified atom stereocenters. The summed E-state index contributed by atoms with van der Waals surface area (Å²) in [5, 5.41) is 0. The fourth-order valence-corrected chi connectivity index (χ4v) is 0.756. The monoisotopic (exact) mass is 205 g/mol. The van der Waals surface area contributed by atoms with Crippen molar-refractivity contribution in [1.29, 1.82) is 0 Å². The quantitative estimate of drug-likeness (QED) is 0.658. The summed E-state index contributed by atoms with van der Waals surface area (Å²) in [7, 11) is 0. The molecule has 0 aromatic carbocycles. The molecule has 0 amide bonds. The molecule has 0 radical (unpaired) electrons. The van der Waals surface area contributed by atoms with Crippen LogP contribution in [-0.2, 0) is 11.0 Å². The maximum atomic E-state index is 12.0. The molecule has 0 N–H and O–H groups in total. The van der Waals surface area contributed by atoms with Crippen molar-refractivity contribution < 1.29 is 22.7 Å². The number of esters is 1. The van der Waals surface area contributed by atoms with Gasteiger partial charge < -0.3 is 4.74 Å². The minimum absolute atomic E-state index is 0.148. The number of halogens is 3. The van der Waals surface area contributed by atoms with Gasteiger partial charge in [-0.25, -0.2) is 4.98 Å². The minimum atomic E-state index is -4.43. The van der Waals surface area contributed by atoms with E-state index >= 15 is 0 Å². The largest absolute Gasteiger partial charge is 0.417 e. The maximum Gasteiger partial charge on any atom is 0.417 e. The van der Waals surface area contributed by atoms with E-state index in [9.17, 15) is 18.0 Å². The average Bonchev–Trinajstić information content (AvgIpc) is 2.02. The molecular weight excluding hydrogens is 199 g/mol. The van der Waals surface area contributed by atoms with Crippen LogP contribution in [0.2, 0.25) is 0 Å². The van der Waals surface area contributed by atoms with Gasteiger partial charge in [0, 0.05) is 19.2 Å². The first-order valence-corrected chi connectivity index (χ1v) is 3.61. The van der Waals surface area contributed by atoms with E-state index in [2.05, 4.69) is 9.72 Å². The van der Waals surface area contributed by atoms with Crippen molar-refractivity contribution in [3.05, 3.63) is 23.9 Å². The van der Waals surface area contributed by atoms with Crippen LogP contribution in [0.3, 0.4) is 0 Å². The normalized spacial score (nSPS) is 11.1. The third kappa shape index (κ3) is 2.72. The molecule has 0 bridgehead atoms. The Kier molecular flexibility index (Phi) is 2.73. The van der Waals surface area contributed by atoms with Crippen molar-refractivity contribution in [3.8, 4) is 5.88 Å². The van der Waals surface area contributed by atoms with E-state index in [0.29, 0.717) is 6.20 Å². The van der Waals surface area contributed by atoms with Crippen LogP contribution in [0, 0.1) is 0 Å². The summed E-state index contributed by atoms with van der Waals surface area (Å²) in [6, 6.07) is 1.79. The third-order valence-electron chi connectivity index (χ3n) is 1.31. The highest BCUT2D eigenvalue weighted by Gasteiger charge is 2.30. The Morgan fingerprint density at radius 2 is 2.07 bits per heavy atom. The Bertz CT molecular complexity index is 331. The van der Waals surface area contributed by atoms with Crippen LogP contribution in [0.1, 0.15) is 12.5 Å². The summed E-state index contributed by atoms with van der Waals surface area (Å²) in [6.07, 6.45) is -3.82. The van der Waals surface area contributed by atoms with Crippen LogP contribution >= 0.6 is 0 Å². The number of ether oxygens (including phenoxy) is 1. The molecule has 1 rings (SSSR count). The standard InChI is InChI=1S/C8H6F3NO2/c1-5(13)14-7-3-2-6(4-12-7)8(9,10)11/h2-4H,1H3. The second-order valence-corrected chi connectivity index (χ2v) is 2.48. The Labute approximate surface area is 77.5 Å². The van der Waals surface area contributed by atoms with Gasteiger partial charge >= 0.3 is 12.1 Å². The summed E-state index contributed by atoms with van der Waals surface area (Å²) in [4.78, 5) is 13.7. The van der Waals surface area contributed by atoms with E-state index in [1.165, 1.54) is 0 Å². The first-order valence-electron chi connectivity index (χ1n) is 3.61. The first kappa shape index (κ1) is 10.5. The Morgan fingerprint density at radius 3 is 2.43 bits per heavy atom. The van der Waals surface area contributed by atoms with Crippen molar-refractivity contribution in [2.75, 3.05) is 0 Å². The topological polar surface area (TPSA) is 39.2 Å². The zero-order chi connectivity index (χ0) is 10.8. The molecule has 1 aromatic heterocycles. The van der Waals surface area contributed by atoms with Gasteiger partial charge in [0.25, 0.3) is 0 Å². The number of carbonyl (C=O) groups is 1. The summed E-state index contributed by atoms with van der Waals surface area (Å²) in [5.41, 5.74) is -0.881. The average molecular weight is 205 g/mol. The molecule has 0 saturated heterocycles. The van der Waals surface area contributed by atoms with Gasteiger partial charge in [-0.2, -0.15) is 13.2 Å². The second-order valence-electron chi connectivity index (χ2n) is 2.48. The lowest BCUT2D eigenvalue weighted by Gasteiger charge is -2.05. The van der Waals surface area contributed by atoms with Crippen LogP contribution in [-0.4, -0.2) is 11.0 Å². The van der Waals surface area contributed by atoms with Gasteiger partial charge in [0.1, 0.15) is 0 Å². The van der Waals surface area contributed by atoms with Gasteiger partial charge in [-0.05, 0) is 6.07 Å². The smallest absolute Gasteiger partial charge is 0.408 e. The summed E-state index contributed by atoms with van der Waals surface area (Å²) < 4.78 is 40.6. The van der Waals surface area contributed by atoms with E-state index in [1.54, 1.807) is 0 Å². The number of pyridine rings is 1. The molecule has 6 heteroatoms. The van der Waals surface area contributed by atoms with E-state index in [-0.39, 0.29) is 5.88 Å². The maximum absolute atomic E-state index is 12.0. The van der Waals surface area contributed by atoms with Gasteiger partial charge in [0.15, 0.2) is 0 Å². The third-order valence-corrected chi connectivity index (χ3v) is 1.31. The fraction of sp³-hybridized carbons (Fsp3) is 0.250. The molecule has 76 valence electrons. The van der Waals surface area contributed by atoms with Crippen LogP contribution in [0.4, 0.5) is 13.2 Å². The van der Waals surface area contributed by atoms with Crippen LogP contribution in [0.25, 0.3) is 0 Å². The molecule has 0 fully saturated rings. The number of hydrogen-bond donors (Lipinski definition) is 0. The molecule has 1 aromatic rings. The van der Waals surface area contributed by atoms with Gasteiger partial charge in [-0.1, -0.05) is 0 Å². The van der Waals surface area contributed by atoms with Crippen molar-refractivity contribution in [2.45, 2.75) is 13.1 Å². The van der Waals surface area contributed by atoms with E-state index in [4.69, 9.17) is 0 Å². The molecule has 0 aliphatic heterocycles. The van der Waals surface area contributed by atoms with Crippen LogP contribution in [0.15, 0.2) is 18.3 Å². The molecule has 0 saturated carbocycles. The summed E-state index contributed by atoms with van der Waals surface area (Å²) in [6.45, 7) is 1.14. The lowest BCUT2D eigenvalue weighted by atomic mass is 10.3. The van der Waals surface area contributed by atoms with Crippen molar-refractivity contribution in [3.63, 3.8) is 0 Å². The molecule has 3 nitrogen and oxygen atoms in total. The number of carbonyl (C=O) groups excluding carboxylic acids is 1. The molecule has 14 heavy (non-hydrogen) atoms. The van der Waals surface area contributed by atoms with Crippen molar-refractivity contribution in [1.82, 2.24) is 4.98 Å².